The zero-order valence-electron chi connectivity index (χ0n) is 11.0. The summed E-state index contributed by atoms with van der Waals surface area (Å²) < 4.78 is 5.82. The van der Waals surface area contributed by atoms with Gasteiger partial charge < -0.3 is 14.5 Å². The largest absolute Gasteiger partial charge is 0.368 e. The zero-order valence-corrected chi connectivity index (χ0v) is 11.0. The summed E-state index contributed by atoms with van der Waals surface area (Å²) in [5, 5.41) is 0. The molecule has 3 atom stereocenters. The van der Waals surface area contributed by atoms with E-state index in [2.05, 4.69) is 0 Å². The van der Waals surface area contributed by atoms with Crippen molar-refractivity contribution in [3.05, 3.63) is 0 Å². The van der Waals surface area contributed by atoms with Crippen molar-refractivity contribution < 1.29 is 14.3 Å². The van der Waals surface area contributed by atoms with Crippen molar-refractivity contribution in [2.45, 2.75) is 31.9 Å². The Bertz CT molecular complexity index is 380. The lowest BCUT2D eigenvalue weighted by molar-refractivity contribution is -0.140. The van der Waals surface area contributed by atoms with Crippen molar-refractivity contribution >= 4 is 11.8 Å². The molecule has 0 aromatic rings. The van der Waals surface area contributed by atoms with Crippen LogP contribution in [0.2, 0.25) is 0 Å². The molecule has 0 aromatic heterocycles. The average Bonchev–Trinajstić information content (AvgIpc) is 3.00. The van der Waals surface area contributed by atoms with Crippen LogP contribution in [0.25, 0.3) is 0 Å². The van der Waals surface area contributed by atoms with Crippen molar-refractivity contribution in [2.24, 2.45) is 11.8 Å². The van der Waals surface area contributed by atoms with E-state index >= 15 is 0 Å². The van der Waals surface area contributed by atoms with Crippen LogP contribution in [0.4, 0.5) is 0 Å². The van der Waals surface area contributed by atoms with Gasteiger partial charge >= 0.3 is 0 Å². The first-order valence-corrected chi connectivity index (χ1v) is 6.71. The quantitative estimate of drug-likeness (QED) is 0.716. The van der Waals surface area contributed by atoms with Crippen molar-refractivity contribution in [1.82, 2.24) is 9.80 Å². The minimum Gasteiger partial charge on any atom is -0.368 e. The van der Waals surface area contributed by atoms with Crippen LogP contribution in [0.15, 0.2) is 0 Å². The molecule has 100 valence electrons. The summed E-state index contributed by atoms with van der Waals surface area (Å²) in [6.45, 7) is 3.60. The van der Waals surface area contributed by atoms with Crippen LogP contribution < -0.4 is 0 Å². The minimum absolute atomic E-state index is 0.0891. The summed E-state index contributed by atoms with van der Waals surface area (Å²) >= 11 is 0. The summed E-state index contributed by atoms with van der Waals surface area (Å²) in [7, 11) is 1.82. The molecule has 18 heavy (non-hydrogen) atoms. The number of nitrogens with zero attached hydrogens (tertiary/aromatic N) is 2. The number of rotatable bonds is 3. The number of amides is 2. The molecule has 2 saturated heterocycles. The SMILES string of the molecule is CC(=O)N1C[C@@H]2[C@H](OCC3CC3)C(=O)N(C)[C@@H]2C1. The van der Waals surface area contributed by atoms with Gasteiger partial charge in [0, 0.05) is 33.0 Å². The number of hydrogen-bond donors (Lipinski definition) is 0. The fourth-order valence-corrected chi connectivity index (χ4v) is 3.04. The average molecular weight is 252 g/mol. The Hall–Kier alpha value is -1.10. The number of carbonyl (C=O) groups is 2. The fourth-order valence-electron chi connectivity index (χ4n) is 3.04. The lowest BCUT2D eigenvalue weighted by Crippen LogP contribution is -2.38. The molecule has 0 unspecified atom stereocenters. The van der Waals surface area contributed by atoms with Gasteiger partial charge in [-0.3, -0.25) is 9.59 Å². The second kappa shape index (κ2) is 4.23. The van der Waals surface area contributed by atoms with Crippen molar-refractivity contribution in [1.29, 1.82) is 0 Å². The Morgan fingerprint density at radius 1 is 1.39 bits per heavy atom. The van der Waals surface area contributed by atoms with E-state index in [1.807, 2.05) is 11.9 Å². The first-order chi connectivity index (χ1) is 8.58. The highest BCUT2D eigenvalue weighted by atomic mass is 16.5. The summed E-state index contributed by atoms with van der Waals surface area (Å²) in [5.41, 5.74) is 0. The van der Waals surface area contributed by atoms with Gasteiger partial charge in [-0.15, -0.1) is 0 Å². The van der Waals surface area contributed by atoms with Gasteiger partial charge in [0.1, 0.15) is 6.10 Å². The van der Waals surface area contributed by atoms with Gasteiger partial charge in [-0.1, -0.05) is 0 Å². The monoisotopic (exact) mass is 252 g/mol. The highest BCUT2D eigenvalue weighted by molar-refractivity contribution is 5.85. The van der Waals surface area contributed by atoms with Gasteiger partial charge in [0.2, 0.25) is 5.91 Å². The molecule has 3 fully saturated rings. The molecule has 2 heterocycles. The van der Waals surface area contributed by atoms with Crippen molar-refractivity contribution in [3.63, 3.8) is 0 Å². The molecule has 5 nitrogen and oxygen atoms in total. The molecule has 0 spiro atoms. The topological polar surface area (TPSA) is 49.9 Å². The van der Waals surface area contributed by atoms with Crippen LogP contribution in [-0.4, -0.2) is 60.5 Å². The van der Waals surface area contributed by atoms with Crippen LogP contribution >= 0.6 is 0 Å². The number of ether oxygens (including phenoxy) is 1. The van der Waals surface area contributed by atoms with Gasteiger partial charge in [0.25, 0.3) is 5.91 Å². The molecule has 0 radical (unpaired) electrons. The maximum Gasteiger partial charge on any atom is 0.252 e. The van der Waals surface area contributed by atoms with Gasteiger partial charge in [0.05, 0.1) is 12.6 Å². The van der Waals surface area contributed by atoms with E-state index in [1.165, 1.54) is 12.8 Å². The summed E-state index contributed by atoms with van der Waals surface area (Å²) in [4.78, 5) is 27.1. The molecule has 3 aliphatic rings. The number of likely N-dealkylation sites (tertiary alicyclic amines) is 2. The van der Waals surface area contributed by atoms with Crippen LogP contribution in [0.3, 0.4) is 0 Å². The van der Waals surface area contributed by atoms with Crippen molar-refractivity contribution in [3.8, 4) is 0 Å². The molecule has 0 bridgehead atoms. The molecule has 5 heteroatoms. The van der Waals surface area contributed by atoms with Gasteiger partial charge in [0.15, 0.2) is 0 Å². The van der Waals surface area contributed by atoms with E-state index in [0.29, 0.717) is 25.6 Å². The highest BCUT2D eigenvalue weighted by Crippen LogP contribution is 2.36. The number of hydrogen-bond acceptors (Lipinski definition) is 3. The summed E-state index contributed by atoms with van der Waals surface area (Å²) in [6.07, 6.45) is 2.12. The third kappa shape index (κ3) is 1.90. The van der Waals surface area contributed by atoms with Gasteiger partial charge in [-0.05, 0) is 18.8 Å². The van der Waals surface area contributed by atoms with Crippen LogP contribution in [0.1, 0.15) is 19.8 Å². The van der Waals surface area contributed by atoms with Gasteiger partial charge in [-0.25, -0.2) is 0 Å². The van der Waals surface area contributed by atoms with E-state index in [0.717, 1.165) is 0 Å². The fraction of sp³-hybridized carbons (Fsp3) is 0.846. The van der Waals surface area contributed by atoms with E-state index in [4.69, 9.17) is 4.74 Å². The first-order valence-electron chi connectivity index (χ1n) is 6.71. The molecule has 0 aromatic carbocycles. The van der Waals surface area contributed by atoms with E-state index in [1.54, 1.807) is 11.8 Å². The van der Waals surface area contributed by atoms with Crippen LogP contribution in [-0.2, 0) is 14.3 Å². The molecular formula is C13H20N2O3. The van der Waals surface area contributed by atoms with Crippen LogP contribution in [0.5, 0.6) is 0 Å². The lowest BCUT2D eigenvalue weighted by Gasteiger charge is -2.21. The highest BCUT2D eigenvalue weighted by Gasteiger charge is 2.52. The molecule has 0 N–H and O–H groups in total. The summed E-state index contributed by atoms with van der Waals surface area (Å²) in [6, 6.07) is 0.144. The third-order valence-electron chi connectivity index (χ3n) is 4.46. The second-order valence-corrected chi connectivity index (χ2v) is 5.80. The zero-order chi connectivity index (χ0) is 12.9. The Kier molecular flexibility index (Phi) is 2.81. The van der Waals surface area contributed by atoms with Gasteiger partial charge in [-0.2, -0.15) is 0 Å². The van der Waals surface area contributed by atoms with Crippen LogP contribution in [0, 0.1) is 11.8 Å². The third-order valence-corrected chi connectivity index (χ3v) is 4.46. The smallest absolute Gasteiger partial charge is 0.252 e. The van der Waals surface area contributed by atoms with Crippen molar-refractivity contribution in [2.75, 3.05) is 26.7 Å². The molecule has 1 saturated carbocycles. The molecule has 1 aliphatic carbocycles. The Morgan fingerprint density at radius 3 is 2.72 bits per heavy atom. The van der Waals surface area contributed by atoms with E-state index in [-0.39, 0.29) is 29.9 Å². The summed E-state index contributed by atoms with van der Waals surface area (Å²) in [5.74, 6) is 0.998. The molecular weight excluding hydrogens is 232 g/mol. The molecule has 3 rings (SSSR count). The Morgan fingerprint density at radius 2 is 2.11 bits per heavy atom. The Balaban J connectivity index is 1.68. The minimum atomic E-state index is -0.329. The number of fused-ring (bicyclic) bond motifs is 1. The predicted octanol–water partition coefficient (Wildman–Crippen LogP) is 0.100. The Labute approximate surface area is 107 Å². The first kappa shape index (κ1) is 12.0. The predicted molar refractivity (Wildman–Crippen MR) is 64.8 cm³/mol. The van der Waals surface area contributed by atoms with E-state index < -0.39 is 0 Å². The number of likely N-dealkylation sites (N-methyl/N-ethyl adjacent to an activating group) is 1. The van der Waals surface area contributed by atoms with E-state index in [9.17, 15) is 9.59 Å². The maximum atomic E-state index is 12.1. The molecule has 2 amide bonds. The molecule has 2 aliphatic heterocycles. The standard InChI is InChI=1S/C13H20N2O3/c1-8(16)15-5-10-11(6-15)14(2)13(17)12(10)18-7-9-3-4-9/h9-12H,3-7H2,1-2H3/t10-,11+,12-/m0/s1. The number of carbonyl (C=O) groups excluding carboxylic acids is 2. The normalized spacial score (nSPS) is 35.2. The second-order valence-electron chi connectivity index (χ2n) is 5.80. The maximum absolute atomic E-state index is 12.1. The lowest BCUT2D eigenvalue weighted by atomic mass is 10.0.